The molecular formula is C16H20N4O4S. The van der Waals surface area contributed by atoms with Crippen molar-refractivity contribution in [2.24, 2.45) is 5.92 Å². The maximum Gasteiger partial charge on any atom is 0.310 e. The fourth-order valence-corrected chi connectivity index (χ4v) is 3.03. The van der Waals surface area contributed by atoms with Crippen molar-refractivity contribution in [2.75, 3.05) is 11.9 Å². The summed E-state index contributed by atoms with van der Waals surface area (Å²) in [6, 6.07) is 6.16. The average molecular weight is 364 g/mol. The fraction of sp³-hybridized carbons (Fsp3) is 0.438. The normalized spacial score (nSPS) is 10.7. The molecule has 0 unspecified atom stereocenters. The van der Waals surface area contributed by atoms with Crippen LogP contribution < -0.4 is 10.1 Å². The van der Waals surface area contributed by atoms with Crippen LogP contribution in [0.25, 0.3) is 0 Å². The van der Waals surface area contributed by atoms with Gasteiger partial charge >= 0.3 is 5.69 Å². The van der Waals surface area contributed by atoms with Crippen molar-refractivity contribution in [1.82, 2.24) is 10.2 Å². The summed E-state index contributed by atoms with van der Waals surface area (Å²) in [6.45, 7) is 4.40. The SMILES string of the molecule is CC(C)Cc1nnc(NC(=O)CCCOc2ccccc2[N+](=O)[O-])s1. The zero-order valence-corrected chi connectivity index (χ0v) is 14.9. The van der Waals surface area contributed by atoms with E-state index in [9.17, 15) is 14.9 Å². The van der Waals surface area contributed by atoms with Gasteiger partial charge in [0.15, 0.2) is 5.75 Å². The lowest BCUT2D eigenvalue weighted by atomic mass is 10.1. The van der Waals surface area contributed by atoms with Crippen LogP contribution in [0.5, 0.6) is 5.75 Å². The molecule has 0 radical (unpaired) electrons. The predicted octanol–water partition coefficient (Wildman–Crippen LogP) is 3.44. The molecule has 0 aliphatic carbocycles. The van der Waals surface area contributed by atoms with Crippen LogP contribution >= 0.6 is 11.3 Å². The highest BCUT2D eigenvalue weighted by Gasteiger charge is 2.14. The third-order valence-corrected chi connectivity index (χ3v) is 4.02. The fourth-order valence-electron chi connectivity index (χ4n) is 2.06. The van der Waals surface area contributed by atoms with E-state index in [0.717, 1.165) is 11.4 Å². The third kappa shape index (κ3) is 6.11. The molecule has 0 spiro atoms. The summed E-state index contributed by atoms with van der Waals surface area (Å²) in [7, 11) is 0. The first kappa shape index (κ1) is 18.8. The van der Waals surface area contributed by atoms with Crippen molar-refractivity contribution in [3.8, 4) is 5.75 Å². The predicted molar refractivity (Wildman–Crippen MR) is 94.9 cm³/mol. The van der Waals surface area contributed by atoms with Crippen LogP contribution in [0.4, 0.5) is 10.8 Å². The maximum absolute atomic E-state index is 11.9. The largest absolute Gasteiger partial charge is 0.487 e. The van der Waals surface area contributed by atoms with Crippen molar-refractivity contribution in [3.63, 3.8) is 0 Å². The summed E-state index contributed by atoms with van der Waals surface area (Å²) in [4.78, 5) is 22.3. The zero-order chi connectivity index (χ0) is 18.2. The molecule has 2 rings (SSSR count). The number of benzene rings is 1. The van der Waals surface area contributed by atoms with Gasteiger partial charge in [-0.25, -0.2) is 0 Å². The molecule has 0 saturated heterocycles. The molecule has 0 saturated carbocycles. The monoisotopic (exact) mass is 364 g/mol. The number of anilines is 1. The minimum atomic E-state index is -0.494. The summed E-state index contributed by atoms with van der Waals surface area (Å²) in [5.74, 6) is 0.504. The van der Waals surface area contributed by atoms with Crippen LogP contribution in [0.3, 0.4) is 0 Å². The molecule has 0 bridgehead atoms. The Morgan fingerprint density at radius 2 is 2.12 bits per heavy atom. The van der Waals surface area contributed by atoms with Crippen LogP contribution in [-0.2, 0) is 11.2 Å². The highest BCUT2D eigenvalue weighted by atomic mass is 32.1. The Kier molecular flexibility index (Phi) is 6.81. The molecule has 1 N–H and O–H groups in total. The Balaban J connectivity index is 1.74. The number of hydrogen-bond donors (Lipinski definition) is 1. The molecule has 1 aromatic carbocycles. The second kappa shape index (κ2) is 9.07. The summed E-state index contributed by atoms with van der Waals surface area (Å²) in [5, 5.41) is 23.0. The van der Waals surface area contributed by atoms with Gasteiger partial charge in [-0.2, -0.15) is 0 Å². The van der Waals surface area contributed by atoms with Crippen molar-refractivity contribution in [2.45, 2.75) is 33.1 Å². The number of amides is 1. The summed E-state index contributed by atoms with van der Waals surface area (Å²) >= 11 is 1.37. The smallest absolute Gasteiger partial charge is 0.310 e. The quantitative estimate of drug-likeness (QED) is 0.415. The highest BCUT2D eigenvalue weighted by molar-refractivity contribution is 7.15. The second-order valence-electron chi connectivity index (χ2n) is 5.82. The Hall–Kier alpha value is -2.55. The van der Waals surface area contributed by atoms with E-state index in [4.69, 9.17) is 4.74 Å². The minimum Gasteiger partial charge on any atom is -0.487 e. The summed E-state index contributed by atoms with van der Waals surface area (Å²) in [6.07, 6.45) is 1.51. The van der Waals surface area contributed by atoms with Gasteiger partial charge in [-0.3, -0.25) is 14.9 Å². The van der Waals surface area contributed by atoms with E-state index in [-0.39, 0.29) is 30.4 Å². The number of carbonyl (C=O) groups excluding carboxylic acids is 1. The van der Waals surface area contributed by atoms with E-state index < -0.39 is 4.92 Å². The Morgan fingerprint density at radius 3 is 2.84 bits per heavy atom. The van der Waals surface area contributed by atoms with Gasteiger partial charge in [-0.1, -0.05) is 37.3 Å². The van der Waals surface area contributed by atoms with Crippen molar-refractivity contribution in [3.05, 3.63) is 39.4 Å². The Morgan fingerprint density at radius 1 is 1.36 bits per heavy atom. The molecule has 0 atom stereocenters. The first-order chi connectivity index (χ1) is 12.0. The van der Waals surface area contributed by atoms with Crippen LogP contribution in [-0.4, -0.2) is 27.6 Å². The van der Waals surface area contributed by atoms with E-state index in [1.54, 1.807) is 12.1 Å². The van der Waals surface area contributed by atoms with Gasteiger partial charge in [0.05, 0.1) is 11.5 Å². The van der Waals surface area contributed by atoms with E-state index in [1.807, 2.05) is 0 Å². The molecule has 8 nitrogen and oxygen atoms in total. The lowest BCUT2D eigenvalue weighted by Crippen LogP contribution is -2.12. The number of carbonyl (C=O) groups is 1. The van der Waals surface area contributed by atoms with Gasteiger partial charge in [0.25, 0.3) is 0 Å². The molecule has 1 aromatic heterocycles. The van der Waals surface area contributed by atoms with E-state index in [0.29, 0.717) is 17.5 Å². The van der Waals surface area contributed by atoms with Gasteiger partial charge in [-0.05, 0) is 18.4 Å². The Labute approximate surface area is 149 Å². The van der Waals surface area contributed by atoms with E-state index >= 15 is 0 Å². The number of nitro benzene ring substituents is 1. The standard InChI is InChI=1S/C16H20N4O4S/c1-11(2)10-15-18-19-16(25-15)17-14(21)8-5-9-24-13-7-4-3-6-12(13)20(22)23/h3-4,6-7,11H,5,8-10H2,1-2H3,(H,17,19,21). The first-order valence-electron chi connectivity index (χ1n) is 7.94. The number of ether oxygens (including phenoxy) is 1. The van der Waals surface area contributed by atoms with E-state index in [2.05, 4.69) is 29.4 Å². The number of nitro groups is 1. The molecule has 25 heavy (non-hydrogen) atoms. The minimum absolute atomic E-state index is 0.0847. The lowest BCUT2D eigenvalue weighted by molar-refractivity contribution is -0.385. The molecule has 1 amide bonds. The second-order valence-corrected chi connectivity index (χ2v) is 6.89. The lowest BCUT2D eigenvalue weighted by Gasteiger charge is -2.06. The summed E-state index contributed by atoms with van der Waals surface area (Å²) in [5.41, 5.74) is -0.0847. The van der Waals surface area contributed by atoms with Crippen LogP contribution in [0.2, 0.25) is 0 Å². The summed E-state index contributed by atoms with van der Waals surface area (Å²) < 4.78 is 5.40. The topological polar surface area (TPSA) is 107 Å². The number of rotatable bonds is 9. The highest BCUT2D eigenvalue weighted by Crippen LogP contribution is 2.26. The molecule has 0 fully saturated rings. The number of hydrogen-bond acceptors (Lipinski definition) is 7. The van der Waals surface area contributed by atoms with Gasteiger partial charge in [0.2, 0.25) is 11.0 Å². The number of aromatic nitrogens is 2. The number of nitrogens with one attached hydrogen (secondary N) is 1. The number of para-hydroxylation sites is 2. The maximum atomic E-state index is 11.9. The van der Waals surface area contributed by atoms with Crippen molar-refractivity contribution >= 4 is 28.1 Å². The number of nitrogens with zero attached hydrogens (tertiary/aromatic N) is 3. The van der Waals surface area contributed by atoms with Gasteiger partial charge < -0.3 is 10.1 Å². The average Bonchev–Trinajstić information content (AvgIpc) is 2.97. The van der Waals surface area contributed by atoms with Crippen LogP contribution in [0.15, 0.2) is 24.3 Å². The van der Waals surface area contributed by atoms with E-state index in [1.165, 1.54) is 23.5 Å². The Bertz CT molecular complexity index is 732. The third-order valence-electron chi connectivity index (χ3n) is 3.16. The molecule has 0 aliphatic heterocycles. The van der Waals surface area contributed by atoms with Gasteiger partial charge in [0, 0.05) is 18.9 Å². The van der Waals surface area contributed by atoms with Crippen molar-refractivity contribution < 1.29 is 14.5 Å². The van der Waals surface area contributed by atoms with Crippen molar-refractivity contribution in [1.29, 1.82) is 0 Å². The molecule has 2 aromatic rings. The first-order valence-corrected chi connectivity index (χ1v) is 8.76. The molecule has 0 aliphatic rings. The molecular weight excluding hydrogens is 344 g/mol. The molecule has 1 heterocycles. The molecule has 9 heteroatoms. The van der Waals surface area contributed by atoms with Gasteiger partial charge in [-0.15, -0.1) is 10.2 Å². The van der Waals surface area contributed by atoms with Crippen LogP contribution in [0, 0.1) is 16.0 Å². The molecule has 134 valence electrons. The van der Waals surface area contributed by atoms with Gasteiger partial charge in [0.1, 0.15) is 5.01 Å². The zero-order valence-electron chi connectivity index (χ0n) is 14.1. The van der Waals surface area contributed by atoms with Crippen LogP contribution in [0.1, 0.15) is 31.7 Å².